The van der Waals surface area contributed by atoms with Gasteiger partial charge in [-0.2, -0.15) is 0 Å². The zero-order chi connectivity index (χ0) is 10.8. The predicted molar refractivity (Wildman–Crippen MR) is 60.3 cm³/mol. The van der Waals surface area contributed by atoms with Crippen molar-refractivity contribution in [2.75, 3.05) is 19.6 Å². The van der Waals surface area contributed by atoms with Gasteiger partial charge in [-0.3, -0.25) is 0 Å². The van der Waals surface area contributed by atoms with E-state index in [0.717, 1.165) is 24.9 Å². The van der Waals surface area contributed by atoms with Crippen molar-refractivity contribution in [3.05, 3.63) is 0 Å². The summed E-state index contributed by atoms with van der Waals surface area (Å²) in [6, 6.07) is 0. The average molecular weight is 199 g/mol. The average Bonchev–Trinajstić information content (AvgIpc) is 2.01. The van der Waals surface area contributed by atoms with Gasteiger partial charge in [-0.25, -0.2) is 0 Å². The van der Waals surface area contributed by atoms with E-state index < -0.39 is 5.60 Å². The highest BCUT2D eigenvalue weighted by molar-refractivity contribution is 4.79. The molecular weight excluding hydrogens is 174 g/mol. The van der Waals surface area contributed by atoms with Gasteiger partial charge in [0.2, 0.25) is 0 Å². The largest absolute Gasteiger partial charge is 0.389 e. The van der Waals surface area contributed by atoms with Crippen molar-refractivity contribution in [2.24, 2.45) is 11.8 Å². The van der Waals surface area contributed by atoms with Crippen molar-refractivity contribution in [3.63, 3.8) is 0 Å². The Morgan fingerprint density at radius 1 is 1.43 bits per heavy atom. The first kappa shape index (κ1) is 12.0. The van der Waals surface area contributed by atoms with Gasteiger partial charge in [-0.15, -0.1) is 0 Å². The van der Waals surface area contributed by atoms with Crippen LogP contribution in [-0.2, 0) is 0 Å². The second-order valence-electron chi connectivity index (χ2n) is 5.69. The van der Waals surface area contributed by atoms with E-state index in [-0.39, 0.29) is 0 Å². The van der Waals surface area contributed by atoms with Crippen molar-refractivity contribution in [1.29, 1.82) is 0 Å². The molecule has 1 aliphatic rings. The highest BCUT2D eigenvalue weighted by Gasteiger charge is 2.25. The van der Waals surface area contributed by atoms with Crippen LogP contribution in [0.2, 0.25) is 0 Å². The number of aliphatic hydroxyl groups is 1. The fourth-order valence-corrected chi connectivity index (χ4v) is 2.33. The van der Waals surface area contributed by atoms with E-state index in [1.54, 1.807) is 0 Å². The third kappa shape index (κ3) is 3.97. The standard InChI is InChI=1S/C12H25NO/c1-10(2)11-6-5-7-13(8-11)9-12(3,4)14/h10-11,14H,5-9H2,1-4H3/t11-/m1/s1. The van der Waals surface area contributed by atoms with Gasteiger partial charge < -0.3 is 10.0 Å². The molecule has 1 aliphatic heterocycles. The number of hydrogen-bond acceptors (Lipinski definition) is 2. The van der Waals surface area contributed by atoms with Gasteiger partial charge in [0.05, 0.1) is 5.60 Å². The third-order valence-electron chi connectivity index (χ3n) is 3.10. The van der Waals surface area contributed by atoms with E-state index in [1.807, 2.05) is 13.8 Å². The fraction of sp³-hybridized carbons (Fsp3) is 1.00. The summed E-state index contributed by atoms with van der Waals surface area (Å²) >= 11 is 0. The summed E-state index contributed by atoms with van der Waals surface area (Å²) in [5, 5.41) is 9.75. The second-order valence-corrected chi connectivity index (χ2v) is 5.69. The summed E-state index contributed by atoms with van der Waals surface area (Å²) < 4.78 is 0. The summed E-state index contributed by atoms with van der Waals surface area (Å²) in [5.41, 5.74) is -0.543. The van der Waals surface area contributed by atoms with Crippen molar-refractivity contribution in [3.8, 4) is 0 Å². The Bertz CT molecular complexity index is 172. The van der Waals surface area contributed by atoms with Crippen LogP contribution in [-0.4, -0.2) is 35.2 Å². The molecule has 1 fully saturated rings. The van der Waals surface area contributed by atoms with Crippen LogP contribution < -0.4 is 0 Å². The number of β-amino-alcohol motifs (C(OH)–C–C–N with tert-alkyl or cyclic N) is 1. The molecule has 84 valence electrons. The highest BCUT2D eigenvalue weighted by Crippen LogP contribution is 2.24. The molecule has 0 unspecified atom stereocenters. The van der Waals surface area contributed by atoms with Crippen molar-refractivity contribution >= 4 is 0 Å². The van der Waals surface area contributed by atoms with E-state index >= 15 is 0 Å². The number of piperidine rings is 1. The molecule has 14 heavy (non-hydrogen) atoms. The molecule has 0 spiro atoms. The Kier molecular flexibility index (Phi) is 3.96. The Morgan fingerprint density at radius 2 is 2.07 bits per heavy atom. The first-order chi connectivity index (χ1) is 6.38. The zero-order valence-corrected chi connectivity index (χ0v) is 10.1. The maximum Gasteiger partial charge on any atom is 0.0718 e. The van der Waals surface area contributed by atoms with Gasteiger partial charge in [0.25, 0.3) is 0 Å². The van der Waals surface area contributed by atoms with Gasteiger partial charge in [-0.05, 0) is 45.1 Å². The van der Waals surface area contributed by atoms with Crippen LogP contribution in [0.25, 0.3) is 0 Å². The lowest BCUT2D eigenvalue weighted by molar-refractivity contribution is 0.0170. The molecule has 0 radical (unpaired) electrons. The maximum absolute atomic E-state index is 9.75. The second kappa shape index (κ2) is 4.63. The molecule has 1 rings (SSSR count). The van der Waals surface area contributed by atoms with Gasteiger partial charge in [0.1, 0.15) is 0 Å². The van der Waals surface area contributed by atoms with E-state index in [4.69, 9.17) is 0 Å². The molecule has 1 heterocycles. The van der Waals surface area contributed by atoms with Crippen LogP contribution in [0.4, 0.5) is 0 Å². The summed E-state index contributed by atoms with van der Waals surface area (Å²) in [4.78, 5) is 2.41. The molecule has 0 aromatic carbocycles. The minimum Gasteiger partial charge on any atom is -0.389 e. The van der Waals surface area contributed by atoms with E-state index in [0.29, 0.717) is 0 Å². The summed E-state index contributed by atoms with van der Waals surface area (Å²) in [5.74, 6) is 1.60. The van der Waals surface area contributed by atoms with Crippen molar-refractivity contribution in [1.82, 2.24) is 4.90 Å². The van der Waals surface area contributed by atoms with Gasteiger partial charge >= 0.3 is 0 Å². The number of nitrogens with zero attached hydrogens (tertiary/aromatic N) is 1. The molecule has 0 amide bonds. The number of likely N-dealkylation sites (tertiary alicyclic amines) is 1. The molecule has 0 aromatic rings. The third-order valence-corrected chi connectivity index (χ3v) is 3.10. The topological polar surface area (TPSA) is 23.5 Å². The lowest BCUT2D eigenvalue weighted by Gasteiger charge is -2.37. The van der Waals surface area contributed by atoms with Crippen molar-refractivity contribution in [2.45, 2.75) is 46.1 Å². The summed E-state index contributed by atoms with van der Waals surface area (Å²) in [6.07, 6.45) is 2.65. The van der Waals surface area contributed by atoms with Gasteiger partial charge in [0, 0.05) is 13.1 Å². The van der Waals surface area contributed by atoms with Crippen LogP contribution in [0.3, 0.4) is 0 Å². The molecule has 2 nitrogen and oxygen atoms in total. The summed E-state index contributed by atoms with van der Waals surface area (Å²) in [6.45, 7) is 11.5. The van der Waals surface area contributed by atoms with Crippen LogP contribution in [0.5, 0.6) is 0 Å². The van der Waals surface area contributed by atoms with E-state index in [2.05, 4.69) is 18.7 Å². The lowest BCUT2D eigenvalue weighted by atomic mass is 9.87. The van der Waals surface area contributed by atoms with Crippen molar-refractivity contribution < 1.29 is 5.11 Å². The van der Waals surface area contributed by atoms with E-state index in [9.17, 15) is 5.11 Å². The number of rotatable bonds is 3. The lowest BCUT2D eigenvalue weighted by Crippen LogP contribution is -2.44. The Balaban J connectivity index is 2.40. The molecule has 0 bridgehead atoms. The molecule has 1 saturated heterocycles. The van der Waals surface area contributed by atoms with Gasteiger partial charge in [-0.1, -0.05) is 13.8 Å². The first-order valence-electron chi connectivity index (χ1n) is 5.83. The molecule has 1 N–H and O–H groups in total. The van der Waals surface area contributed by atoms with Gasteiger partial charge in [0.15, 0.2) is 0 Å². The quantitative estimate of drug-likeness (QED) is 0.752. The Morgan fingerprint density at radius 3 is 2.57 bits per heavy atom. The van der Waals surface area contributed by atoms with Crippen LogP contribution in [0, 0.1) is 11.8 Å². The number of hydrogen-bond donors (Lipinski definition) is 1. The molecule has 0 aromatic heterocycles. The minimum absolute atomic E-state index is 0.543. The molecule has 0 aliphatic carbocycles. The fourth-order valence-electron chi connectivity index (χ4n) is 2.33. The van der Waals surface area contributed by atoms with Crippen LogP contribution in [0.1, 0.15) is 40.5 Å². The smallest absolute Gasteiger partial charge is 0.0718 e. The molecule has 0 saturated carbocycles. The maximum atomic E-state index is 9.75. The van der Waals surface area contributed by atoms with Crippen LogP contribution >= 0.6 is 0 Å². The minimum atomic E-state index is -0.543. The summed E-state index contributed by atoms with van der Waals surface area (Å²) in [7, 11) is 0. The highest BCUT2D eigenvalue weighted by atomic mass is 16.3. The van der Waals surface area contributed by atoms with Crippen LogP contribution in [0.15, 0.2) is 0 Å². The SMILES string of the molecule is CC(C)[C@@H]1CCCN(CC(C)(C)O)C1. The first-order valence-corrected chi connectivity index (χ1v) is 5.83. The Labute approximate surface area is 88.3 Å². The normalized spacial score (nSPS) is 25.7. The molecule has 2 heteroatoms. The molecule has 1 atom stereocenters. The monoisotopic (exact) mass is 199 g/mol. The van der Waals surface area contributed by atoms with E-state index in [1.165, 1.54) is 19.4 Å². The molecular formula is C12H25NO. The predicted octanol–water partition coefficient (Wildman–Crippen LogP) is 2.13. The Hall–Kier alpha value is -0.0800. The zero-order valence-electron chi connectivity index (χ0n) is 10.1.